The number of amides is 2. The van der Waals surface area contributed by atoms with Gasteiger partial charge >= 0.3 is 6.03 Å². The molecule has 1 aliphatic rings. The highest BCUT2D eigenvalue weighted by Crippen LogP contribution is 2.10. The Bertz CT molecular complexity index is 226. The number of methoxy groups -OCH3 is 1. The molecule has 17 heavy (non-hydrogen) atoms. The molecule has 2 amide bonds. The average molecular weight is 243 g/mol. The molecule has 1 heterocycles. The molecule has 0 bridgehead atoms. The van der Waals surface area contributed by atoms with E-state index in [0.29, 0.717) is 25.2 Å². The van der Waals surface area contributed by atoms with Crippen molar-refractivity contribution in [3.05, 3.63) is 0 Å². The molecule has 0 spiro atoms. The van der Waals surface area contributed by atoms with Crippen LogP contribution >= 0.6 is 0 Å². The van der Waals surface area contributed by atoms with Crippen LogP contribution in [0, 0.1) is 0 Å². The van der Waals surface area contributed by atoms with Gasteiger partial charge in [-0.1, -0.05) is 13.8 Å². The summed E-state index contributed by atoms with van der Waals surface area (Å²) in [5, 5.41) is 6.37. The van der Waals surface area contributed by atoms with Crippen LogP contribution in [0.5, 0.6) is 0 Å². The Morgan fingerprint density at radius 1 is 1.41 bits per heavy atom. The van der Waals surface area contributed by atoms with E-state index in [1.165, 1.54) is 0 Å². The standard InChI is InChI=1S/C12H25N3O2/c1-10(2)14-11-4-7-15(8-5-11)12(16)13-6-9-17-3/h10-11,14H,4-9H2,1-3H3,(H,13,16). The Labute approximate surface area is 104 Å². The number of nitrogens with zero attached hydrogens (tertiary/aromatic N) is 1. The van der Waals surface area contributed by atoms with E-state index in [4.69, 9.17) is 4.74 Å². The maximum absolute atomic E-state index is 11.7. The van der Waals surface area contributed by atoms with Gasteiger partial charge < -0.3 is 20.3 Å². The number of likely N-dealkylation sites (tertiary alicyclic amines) is 1. The molecule has 1 rings (SSSR count). The highest BCUT2D eigenvalue weighted by Gasteiger charge is 2.22. The third-order valence-corrected chi connectivity index (χ3v) is 2.93. The van der Waals surface area contributed by atoms with Crippen molar-refractivity contribution in [2.75, 3.05) is 33.4 Å². The Balaban J connectivity index is 2.19. The van der Waals surface area contributed by atoms with E-state index in [1.807, 2.05) is 4.90 Å². The zero-order valence-corrected chi connectivity index (χ0v) is 11.2. The summed E-state index contributed by atoms with van der Waals surface area (Å²) >= 11 is 0. The fourth-order valence-electron chi connectivity index (χ4n) is 2.09. The number of carbonyl (C=O) groups is 1. The monoisotopic (exact) mass is 243 g/mol. The third-order valence-electron chi connectivity index (χ3n) is 2.93. The number of ether oxygens (including phenoxy) is 1. The first-order valence-corrected chi connectivity index (χ1v) is 6.41. The molecule has 5 nitrogen and oxygen atoms in total. The van der Waals surface area contributed by atoms with Gasteiger partial charge in [0.25, 0.3) is 0 Å². The van der Waals surface area contributed by atoms with E-state index < -0.39 is 0 Å². The smallest absolute Gasteiger partial charge is 0.317 e. The Morgan fingerprint density at radius 3 is 2.59 bits per heavy atom. The highest BCUT2D eigenvalue weighted by molar-refractivity contribution is 5.74. The zero-order valence-electron chi connectivity index (χ0n) is 11.2. The van der Waals surface area contributed by atoms with Gasteiger partial charge in [0.15, 0.2) is 0 Å². The van der Waals surface area contributed by atoms with Crippen LogP contribution in [0.4, 0.5) is 4.79 Å². The summed E-state index contributed by atoms with van der Waals surface area (Å²) in [7, 11) is 1.63. The number of hydrogen-bond acceptors (Lipinski definition) is 3. The topological polar surface area (TPSA) is 53.6 Å². The molecule has 1 fully saturated rings. The summed E-state index contributed by atoms with van der Waals surface area (Å²) in [5.41, 5.74) is 0. The molecule has 1 aliphatic heterocycles. The Morgan fingerprint density at radius 2 is 2.06 bits per heavy atom. The minimum Gasteiger partial charge on any atom is -0.383 e. The molecule has 2 N–H and O–H groups in total. The lowest BCUT2D eigenvalue weighted by Gasteiger charge is -2.33. The number of carbonyl (C=O) groups excluding carboxylic acids is 1. The first-order valence-electron chi connectivity index (χ1n) is 6.41. The van der Waals surface area contributed by atoms with Gasteiger partial charge in [0.1, 0.15) is 0 Å². The van der Waals surface area contributed by atoms with Crippen molar-refractivity contribution in [3.63, 3.8) is 0 Å². The molecule has 100 valence electrons. The van der Waals surface area contributed by atoms with E-state index in [-0.39, 0.29) is 6.03 Å². The van der Waals surface area contributed by atoms with Crippen LogP contribution in [0.1, 0.15) is 26.7 Å². The molecule has 0 atom stereocenters. The summed E-state index contributed by atoms with van der Waals surface area (Å²) in [6, 6.07) is 1.10. The number of piperidine rings is 1. The Hall–Kier alpha value is -0.810. The van der Waals surface area contributed by atoms with Crippen LogP contribution in [-0.2, 0) is 4.74 Å². The van der Waals surface area contributed by atoms with Gasteiger partial charge in [-0.25, -0.2) is 4.79 Å². The summed E-state index contributed by atoms with van der Waals surface area (Å²) < 4.78 is 4.90. The van der Waals surface area contributed by atoms with E-state index >= 15 is 0 Å². The predicted octanol–water partition coefficient (Wildman–Crippen LogP) is 0.805. The first-order chi connectivity index (χ1) is 8.13. The maximum Gasteiger partial charge on any atom is 0.317 e. The average Bonchev–Trinajstić information content (AvgIpc) is 2.29. The second kappa shape index (κ2) is 7.50. The lowest BCUT2D eigenvalue weighted by molar-refractivity contribution is 0.165. The SMILES string of the molecule is COCCNC(=O)N1CCC(NC(C)C)CC1. The molecule has 0 radical (unpaired) electrons. The van der Waals surface area contributed by atoms with E-state index in [0.717, 1.165) is 25.9 Å². The molecule has 0 aromatic heterocycles. The number of hydrogen-bond donors (Lipinski definition) is 2. The van der Waals surface area contributed by atoms with Crippen LogP contribution in [0.3, 0.4) is 0 Å². The van der Waals surface area contributed by atoms with Gasteiger partial charge in [-0.05, 0) is 12.8 Å². The molecule has 5 heteroatoms. The number of urea groups is 1. The van der Waals surface area contributed by atoms with Gasteiger partial charge in [-0.2, -0.15) is 0 Å². The highest BCUT2D eigenvalue weighted by atomic mass is 16.5. The lowest BCUT2D eigenvalue weighted by atomic mass is 10.0. The minimum atomic E-state index is 0.0325. The molecule has 0 aromatic rings. The van der Waals surface area contributed by atoms with Crippen LogP contribution in [0.15, 0.2) is 0 Å². The van der Waals surface area contributed by atoms with Gasteiger partial charge in [-0.15, -0.1) is 0 Å². The van der Waals surface area contributed by atoms with Crippen LogP contribution in [0.2, 0.25) is 0 Å². The van der Waals surface area contributed by atoms with Crippen molar-refractivity contribution in [2.45, 2.75) is 38.8 Å². The number of rotatable bonds is 5. The molecule has 0 unspecified atom stereocenters. The molecule has 0 saturated carbocycles. The normalized spacial score (nSPS) is 17.5. The van der Waals surface area contributed by atoms with Crippen molar-refractivity contribution in [3.8, 4) is 0 Å². The molecule has 1 saturated heterocycles. The van der Waals surface area contributed by atoms with Gasteiger partial charge in [-0.3, -0.25) is 0 Å². The van der Waals surface area contributed by atoms with Crippen molar-refractivity contribution in [2.24, 2.45) is 0 Å². The van der Waals surface area contributed by atoms with E-state index in [9.17, 15) is 4.79 Å². The van der Waals surface area contributed by atoms with Crippen LogP contribution in [0.25, 0.3) is 0 Å². The molecular weight excluding hydrogens is 218 g/mol. The maximum atomic E-state index is 11.7. The van der Waals surface area contributed by atoms with Crippen molar-refractivity contribution in [1.29, 1.82) is 0 Å². The van der Waals surface area contributed by atoms with Crippen LogP contribution < -0.4 is 10.6 Å². The molecular formula is C12H25N3O2. The first kappa shape index (κ1) is 14.3. The second-order valence-corrected chi connectivity index (χ2v) is 4.81. The van der Waals surface area contributed by atoms with Gasteiger partial charge in [0, 0.05) is 38.8 Å². The van der Waals surface area contributed by atoms with E-state index in [1.54, 1.807) is 7.11 Å². The van der Waals surface area contributed by atoms with Crippen LogP contribution in [-0.4, -0.2) is 56.4 Å². The van der Waals surface area contributed by atoms with Crippen molar-refractivity contribution < 1.29 is 9.53 Å². The predicted molar refractivity (Wildman–Crippen MR) is 68.1 cm³/mol. The lowest BCUT2D eigenvalue weighted by Crippen LogP contribution is -2.49. The second-order valence-electron chi connectivity index (χ2n) is 4.81. The van der Waals surface area contributed by atoms with E-state index in [2.05, 4.69) is 24.5 Å². The van der Waals surface area contributed by atoms with Gasteiger partial charge in [0.05, 0.1) is 6.61 Å². The summed E-state index contributed by atoms with van der Waals surface area (Å²) in [6.07, 6.45) is 2.08. The summed E-state index contributed by atoms with van der Waals surface area (Å²) in [4.78, 5) is 13.6. The Kier molecular flexibility index (Phi) is 6.29. The quantitative estimate of drug-likeness (QED) is 0.702. The molecule has 0 aliphatic carbocycles. The third kappa shape index (κ3) is 5.37. The fraction of sp³-hybridized carbons (Fsp3) is 0.917. The minimum absolute atomic E-state index is 0.0325. The molecule has 0 aromatic carbocycles. The summed E-state index contributed by atoms with van der Waals surface area (Å²) in [6.45, 7) is 7.14. The van der Waals surface area contributed by atoms with Crippen molar-refractivity contribution >= 4 is 6.03 Å². The number of nitrogens with one attached hydrogen (secondary N) is 2. The zero-order chi connectivity index (χ0) is 12.7. The fourth-order valence-corrected chi connectivity index (χ4v) is 2.09. The largest absolute Gasteiger partial charge is 0.383 e. The van der Waals surface area contributed by atoms with Crippen molar-refractivity contribution in [1.82, 2.24) is 15.5 Å². The van der Waals surface area contributed by atoms with Gasteiger partial charge in [0.2, 0.25) is 0 Å². The summed E-state index contributed by atoms with van der Waals surface area (Å²) in [5.74, 6) is 0.